The van der Waals surface area contributed by atoms with E-state index in [0.29, 0.717) is 37.4 Å². The Morgan fingerprint density at radius 1 is 1.12 bits per heavy atom. The highest BCUT2D eigenvalue weighted by Gasteiger charge is 2.22. The lowest BCUT2D eigenvalue weighted by Crippen LogP contribution is -2.34. The van der Waals surface area contributed by atoms with E-state index in [2.05, 4.69) is 41.3 Å². The average Bonchev–Trinajstić information content (AvgIpc) is 2.98. The zero-order valence-corrected chi connectivity index (χ0v) is 25.0. The Bertz CT molecular complexity index is 1430. The quantitative estimate of drug-likeness (QED) is 0.0941. The van der Waals surface area contributed by atoms with Crippen LogP contribution >= 0.6 is 0 Å². The Morgan fingerprint density at radius 2 is 1.95 bits per heavy atom. The van der Waals surface area contributed by atoms with Gasteiger partial charge in [-0.3, -0.25) is 15.0 Å². The number of fused-ring (bicyclic) bond motifs is 1. The van der Waals surface area contributed by atoms with E-state index in [1.807, 2.05) is 49.4 Å². The number of ketones is 1. The predicted octanol–water partition coefficient (Wildman–Crippen LogP) is 7.09. The molecule has 0 saturated carbocycles. The molecule has 0 bridgehead atoms. The van der Waals surface area contributed by atoms with Crippen molar-refractivity contribution in [2.45, 2.75) is 65.7 Å². The van der Waals surface area contributed by atoms with E-state index in [9.17, 15) is 9.59 Å². The van der Waals surface area contributed by atoms with Crippen LogP contribution in [-0.4, -0.2) is 36.0 Å². The maximum atomic E-state index is 12.7. The summed E-state index contributed by atoms with van der Waals surface area (Å²) < 4.78 is 6.17. The Hall–Kier alpha value is -4.26. The van der Waals surface area contributed by atoms with E-state index in [1.165, 1.54) is 0 Å². The van der Waals surface area contributed by atoms with Crippen molar-refractivity contribution in [3.05, 3.63) is 101 Å². The first kappa shape index (κ1) is 30.7. The van der Waals surface area contributed by atoms with Crippen molar-refractivity contribution in [2.24, 2.45) is 10.5 Å². The maximum Gasteiger partial charge on any atom is 0.252 e. The molecule has 0 spiro atoms. The molecule has 0 saturated heterocycles. The number of carbonyl (C=O) groups is 2. The third kappa shape index (κ3) is 8.38. The van der Waals surface area contributed by atoms with Gasteiger partial charge in [-0.1, -0.05) is 44.2 Å². The molecule has 42 heavy (non-hydrogen) atoms. The second-order valence-electron chi connectivity index (χ2n) is 11.6. The normalized spacial score (nSPS) is 13.1. The first-order valence-electron chi connectivity index (χ1n) is 14.8. The lowest BCUT2D eigenvalue weighted by molar-refractivity contribution is 0.0931. The number of aryl methyl sites for hydroxylation is 1. The molecule has 2 aromatic carbocycles. The van der Waals surface area contributed by atoms with Gasteiger partial charge in [0.25, 0.3) is 5.91 Å². The van der Waals surface area contributed by atoms with Gasteiger partial charge in [0.1, 0.15) is 11.6 Å². The number of unbranched alkanes of at least 4 members (excludes halogenated alkanes) is 1. The van der Waals surface area contributed by atoms with Gasteiger partial charge in [-0.15, -0.1) is 6.58 Å². The van der Waals surface area contributed by atoms with Crippen LogP contribution in [0.2, 0.25) is 0 Å². The second kappa shape index (κ2) is 14.6. The average molecular weight is 567 g/mol. The van der Waals surface area contributed by atoms with Crippen LogP contribution in [0, 0.1) is 12.3 Å². The molecule has 1 aromatic heterocycles. The van der Waals surface area contributed by atoms with Gasteiger partial charge in [0.05, 0.1) is 18.4 Å². The largest absolute Gasteiger partial charge is 0.493 e. The molecule has 0 unspecified atom stereocenters. The molecule has 3 aromatic rings. The summed E-state index contributed by atoms with van der Waals surface area (Å²) in [5.74, 6) is 1.52. The molecule has 1 aliphatic rings. The molecule has 0 radical (unpaired) electrons. The molecule has 0 fully saturated rings. The van der Waals surface area contributed by atoms with Crippen LogP contribution in [0.15, 0.2) is 72.5 Å². The van der Waals surface area contributed by atoms with E-state index in [-0.39, 0.29) is 17.1 Å². The zero-order valence-electron chi connectivity index (χ0n) is 25.0. The fourth-order valence-corrected chi connectivity index (χ4v) is 5.17. The van der Waals surface area contributed by atoms with Gasteiger partial charge >= 0.3 is 0 Å². The summed E-state index contributed by atoms with van der Waals surface area (Å²) >= 11 is 0. The highest BCUT2D eigenvalue weighted by atomic mass is 16.5. The zero-order chi connectivity index (χ0) is 30.0. The van der Waals surface area contributed by atoms with Crippen LogP contribution in [0.25, 0.3) is 0 Å². The number of rotatable bonds is 14. The minimum atomic E-state index is -0.144. The van der Waals surface area contributed by atoms with Gasteiger partial charge in [-0.05, 0) is 91.8 Å². The van der Waals surface area contributed by atoms with E-state index in [1.54, 1.807) is 24.5 Å². The monoisotopic (exact) mass is 566 g/mol. The number of amides is 1. The molecule has 7 heteroatoms. The number of ether oxygens (including phenoxy) is 1. The highest BCUT2D eigenvalue weighted by molar-refractivity contribution is 5.99. The lowest BCUT2D eigenvalue weighted by atomic mass is 9.86. The lowest BCUT2D eigenvalue weighted by Gasteiger charge is -2.25. The summed E-state index contributed by atoms with van der Waals surface area (Å²) in [7, 11) is 0. The number of hydrazone groups is 1. The Balaban J connectivity index is 1.19. The van der Waals surface area contributed by atoms with Gasteiger partial charge in [0, 0.05) is 30.3 Å². The van der Waals surface area contributed by atoms with Crippen molar-refractivity contribution in [1.29, 1.82) is 0 Å². The van der Waals surface area contributed by atoms with Gasteiger partial charge in [0.2, 0.25) is 0 Å². The fraction of sp³-hybridized carbons (Fsp3) is 0.371. The smallest absolute Gasteiger partial charge is 0.252 e. The number of hydrogen-bond acceptors (Lipinski definition) is 6. The number of nitrogens with one attached hydrogen (secondary N) is 2. The van der Waals surface area contributed by atoms with Crippen molar-refractivity contribution in [2.75, 3.05) is 18.6 Å². The fourth-order valence-electron chi connectivity index (χ4n) is 5.17. The first-order chi connectivity index (χ1) is 20.3. The van der Waals surface area contributed by atoms with E-state index in [4.69, 9.17) is 4.74 Å². The summed E-state index contributed by atoms with van der Waals surface area (Å²) in [6, 6.07) is 15.3. The van der Waals surface area contributed by atoms with E-state index in [0.717, 1.165) is 65.7 Å². The minimum absolute atomic E-state index is 0.0605. The van der Waals surface area contributed by atoms with E-state index < -0.39 is 0 Å². The minimum Gasteiger partial charge on any atom is -0.493 e. The van der Waals surface area contributed by atoms with Gasteiger partial charge < -0.3 is 10.1 Å². The summed E-state index contributed by atoms with van der Waals surface area (Å²) in [4.78, 5) is 29.4. The predicted molar refractivity (Wildman–Crippen MR) is 170 cm³/mol. The topological polar surface area (TPSA) is 92.7 Å². The molecule has 0 atom stereocenters. The van der Waals surface area contributed by atoms with Crippen LogP contribution in [0.5, 0.6) is 5.75 Å². The number of nitrogens with zero attached hydrogens (tertiary/aromatic N) is 2. The van der Waals surface area contributed by atoms with Gasteiger partial charge in [-0.2, -0.15) is 5.10 Å². The van der Waals surface area contributed by atoms with Crippen LogP contribution in [0.1, 0.15) is 88.9 Å². The molecular weight excluding hydrogens is 524 g/mol. The third-order valence-corrected chi connectivity index (χ3v) is 7.70. The number of carbonyl (C=O) groups excluding carboxylic acids is 2. The highest BCUT2D eigenvalue weighted by Crippen LogP contribution is 2.32. The molecule has 1 heterocycles. The number of allylic oxidation sites excluding steroid dienone is 1. The third-order valence-electron chi connectivity index (χ3n) is 7.70. The number of anilines is 1. The standard InChI is InChI=1S/C35H42N4O3/c1-5-11-30-28-14-10-15-31(40)29(28)17-18-32(30)42-21-9-8-20-35(3,4)24-37-34(41)27-16-19-33(36-22-27)39-38-23-26-13-7-6-12-25(26)2/h5-7,12-13,16-19,22-23H,1,8-11,14-15,20-21,24H2,2-4H3,(H,36,39)(H,37,41)/b38-23+. The Labute approximate surface area is 249 Å². The number of pyridine rings is 1. The second-order valence-corrected chi connectivity index (χ2v) is 11.6. The SMILES string of the molecule is C=CCc1c(OCCCCC(C)(C)CNC(=O)c2ccc(N/N=C/c3ccccc3C)nc2)ccc2c1CCCC2=O. The maximum absolute atomic E-state index is 12.7. The van der Waals surface area contributed by atoms with Crippen molar-refractivity contribution < 1.29 is 14.3 Å². The summed E-state index contributed by atoms with van der Waals surface area (Å²) in [6.45, 7) is 11.4. The number of aromatic nitrogens is 1. The molecule has 1 aliphatic carbocycles. The van der Waals surface area contributed by atoms with Crippen LogP contribution < -0.4 is 15.5 Å². The molecule has 220 valence electrons. The molecule has 1 amide bonds. The molecule has 0 aliphatic heterocycles. The number of benzene rings is 2. The molecule has 7 nitrogen and oxygen atoms in total. The molecule has 2 N–H and O–H groups in total. The first-order valence-corrected chi connectivity index (χ1v) is 14.8. The van der Waals surface area contributed by atoms with Crippen molar-refractivity contribution in [3.63, 3.8) is 0 Å². The van der Waals surface area contributed by atoms with Crippen molar-refractivity contribution in [1.82, 2.24) is 10.3 Å². The number of hydrogen-bond donors (Lipinski definition) is 2. The molecule has 4 rings (SSSR count). The Morgan fingerprint density at radius 3 is 2.71 bits per heavy atom. The van der Waals surface area contributed by atoms with Crippen LogP contribution in [-0.2, 0) is 12.8 Å². The van der Waals surface area contributed by atoms with Crippen LogP contribution in [0.3, 0.4) is 0 Å². The van der Waals surface area contributed by atoms with Crippen molar-refractivity contribution >= 4 is 23.7 Å². The summed E-state index contributed by atoms with van der Waals surface area (Å²) in [5, 5.41) is 7.30. The molecular formula is C35H42N4O3. The van der Waals surface area contributed by atoms with Crippen LogP contribution in [0.4, 0.5) is 5.82 Å². The van der Waals surface area contributed by atoms with Crippen molar-refractivity contribution in [3.8, 4) is 5.75 Å². The summed E-state index contributed by atoms with van der Waals surface area (Å²) in [5.41, 5.74) is 8.61. The van der Waals surface area contributed by atoms with E-state index >= 15 is 0 Å². The van der Waals surface area contributed by atoms with Gasteiger partial charge in [-0.25, -0.2) is 4.98 Å². The summed E-state index contributed by atoms with van der Waals surface area (Å²) in [6.07, 6.45) is 11.2. The number of Topliss-reactive ketones (excluding diaryl/α,β-unsaturated/α-hetero) is 1. The Kier molecular flexibility index (Phi) is 10.7. The van der Waals surface area contributed by atoms with Gasteiger partial charge in [0.15, 0.2) is 5.78 Å².